The van der Waals surface area contributed by atoms with Gasteiger partial charge in [0.25, 0.3) is 12.6 Å². The molecule has 2 aromatic carbocycles. The topological polar surface area (TPSA) is 13.6 Å². The van der Waals surface area contributed by atoms with Crippen LogP contribution in [0.5, 0.6) is 5.75 Å². The van der Waals surface area contributed by atoms with Gasteiger partial charge in [-0.15, -0.1) is 0 Å². The molecule has 0 N–H and O–H groups in total. The van der Waals surface area contributed by atoms with E-state index in [2.05, 4.69) is 17.0 Å². The molecule has 0 saturated heterocycles. The van der Waals surface area contributed by atoms with E-state index >= 15 is 0 Å². The van der Waals surface area contributed by atoms with Gasteiger partial charge in [0.15, 0.2) is 0 Å². The Balaban J connectivity index is 2.52. The molecule has 0 aromatic heterocycles. The Hall–Kier alpha value is -2.01. The monoisotopic (exact) mass is 212 g/mol. The van der Waals surface area contributed by atoms with Crippen molar-refractivity contribution in [1.29, 1.82) is 0 Å². The Morgan fingerprint density at radius 3 is 2.50 bits per heavy atom. The molecular weight excluding hydrogens is 198 g/mol. The van der Waals surface area contributed by atoms with Crippen molar-refractivity contribution in [3.05, 3.63) is 46.8 Å². The first-order valence-corrected chi connectivity index (χ1v) is 5.22. The van der Waals surface area contributed by atoms with Crippen LogP contribution in [0.4, 0.5) is 0 Å². The fourth-order valence-corrected chi connectivity index (χ4v) is 1.72. The SMILES string of the molecule is C#[N+]C(C)c1ccc2cc(OC)ccc2c1. The van der Waals surface area contributed by atoms with Gasteiger partial charge in [-0.25, -0.2) is 0 Å². The minimum Gasteiger partial charge on any atom is -0.497 e. The van der Waals surface area contributed by atoms with E-state index in [9.17, 15) is 0 Å². The summed E-state index contributed by atoms with van der Waals surface area (Å²) in [5.41, 5.74) is 1.13. The third-order valence-electron chi connectivity index (χ3n) is 2.78. The lowest BCUT2D eigenvalue weighted by Gasteiger charge is -2.04. The molecule has 0 amide bonds. The molecule has 1 atom stereocenters. The molecule has 0 spiro atoms. The minimum atomic E-state index is 0.0338. The van der Waals surface area contributed by atoms with Crippen LogP contribution in [0.15, 0.2) is 36.4 Å². The van der Waals surface area contributed by atoms with E-state index in [-0.39, 0.29) is 6.04 Å². The summed E-state index contributed by atoms with van der Waals surface area (Å²) >= 11 is 0. The highest BCUT2D eigenvalue weighted by Gasteiger charge is 2.11. The molecule has 0 saturated carbocycles. The summed E-state index contributed by atoms with van der Waals surface area (Å²) in [5.74, 6) is 0.872. The standard InChI is InChI=1S/C14H14NO/c1-10(15-2)11-4-5-13-9-14(16-3)7-6-12(13)8-11/h2,4-10H,1,3H3/q+1. The molecule has 2 heteroatoms. The molecule has 80 valence electrons. The van der Waals surface area contributed by atoms with Gasteiger partial charge in [-0.3, -0.25) is 0 Å². The number of methoxy groups -OCH3 is 1. The van der Waals surface area contributed by atoms with E-state index in [1.54, 1.807) is 7.11 Å². The van der Waals surface area contributed by atoms with Crippen molar-refractivity contribution in [3.63, 3.8) is 0 Å². The van der Waals surface area contributed by atoms with Gasteiger partial charge in [-0.2, -0.15) is 0 Å². The van der Waals surface area contributed by atoms with Crippen LogP contribution in [0.1, 0.15) is 18.5 Å². The predicted molar refractivity (Wildman–Crippen MR) is 67.2 cm³/mol. The van der Waals surface area contributed by atoms with Gasteiger partial charge < -0.3 is 4.74 Å². The molecule has 0 aliphatic rings. The first kappa shape index (κ1) is 10.5. The number of fused-ring (bicyclic) bond motifs is 1. The van der Waals surface area contributed by atoms with Crippen molar-refractivity contribution in [2.75, 3.05) is 7.11 Å². The summed E-state index contributed by atoms with van der Waals surface area (Å²) in [6, 6.07) is 12.3. The van der Waals surface area contributed by atoms with Gasteiger partial charge in [0, 0.05) is 12.5 Å². The Labute approximate surface area is 95.3 Å². The molecule has 16 heavy (non-hydrogen) atoms. The second kappa shape index (κ2) is 4.24. The van der Waals surface area contributed by atoms with Crippen molar-refractivity contribution < 1.29 is 4.74 Å². The zero-order chi connectivity index (χ0) is 11.5. The quantitative estimate of drug-likeness (QED) is 0.736. The lowest BCUT2D eigenvalue weighted by atomic mass is 10.0. The van der Waals surface area contributed by atoms with E-state index < -0.39 is 0 Å². The Bertz CT molecular complexity index is 554. The molecule has 0 aliphatic carbocycles. The molecule has 1 unspecified atom stereocenters. The molecule has 0 radical (unpaired) electrons. The summed E-state index contributed by atoms with van der Waals surface area (Å²) in [4.78, 5) is 3.77. The minimum absolute atomic E-state index is 0.0338. The number of nitrogens with zero attached hydrogens (tertiary/aromatic N) is 1. The van der Waals surface area contributed by atoms with Gasteiger partial charge in [-0.05, 0) is 29.0 Å². The van der Waals surface area contributed by atoms with Crippen LogP contribution < -0.4 is 4.74 Å². The molecule has 0 fully saturated rings. The van der Waals surface area contributed by atoms with Crippen LogP contribution in [0, 0.1) is 6.57 Å². The van der Waals surface area contributed by atoms with E-state index in [0.29, 0.717) is 0 Å². The molecule has 0 aliphatic heterocycles. The first-order valence-electron chi connectivity index (χ1n) is 5.22. The van der Waals surface area contributed by atoms with Gasteiger partial charge >= 0.3 is 0 Å². The van der Waals surface area contributed by atoms with Crippen molar-refractivity contribution in [1.82, 2.24) is 0 Å². The number of ether oxygens (including phenoxy) is 1. The third-order valence-corrected chi connectivity index (χ3v) is 2.78. The number of hydrogen-bond donors (Lipinski definition) is 0. The van der Waals surface area contributed by atoms with Gasteiger partial charge in [0.05, 0.1) is 7.11 Å². The highest BCUT2D eigenvalue weighted by molar-refractivity contribution is 5.84. The van der Waals surface area contributed by atoms with Crippen LogP contribution in [0.25, 0.3) is 15.6 Å². The summed E-state index contributed by atoms with van der Waals surface area (Å²) < 4.78 is 5.18. The zero-order valence-electron chi connectivity index (χ0n) is 9.47. The van der Waals surface area contributed by atoms with Crippen molar-refractivity contribution in [3.8, 4) is 12.3 Å². The Morgan fingerprint density at radius 1 is 1.12 bits per heavy atom. The smallest absolute Gasteiger partial charge is 0.294 e. The lowest BCUT2D eigenvalue weighted by Crippen LogP contribution is -1.87. The average molecular weight is 212 g/mol. The summed E-state index contributed by atoms with van der Waals surface area (Å²) in [6.45, 7) is 7.28. The maximum atomic E-state index is 5.30. The fourth-order valence-electron chi connectivity index (χ4n) is 1.72. The lowest BCUT2D eigenvalue weighted by molar-refractivity contribution is 0.415. The molecule has 2 rings (SSSR count). The fraction of sp³-hybridized carbons (Fsp3) is 0.214. The largest absolute Gasteiger partial charge is 0.497 e. The Kier molecular flexibility index (Phi) is 2.78. The van der Waals surface area contributed by atoms with Crippen LogP contribution in [0.3, 0.4) is 0 Å². The van der Waals surface area contributed by atoms with E-state index in [4.69, 9.17) is 11.3 Å². The maximum Gasteiger partial charge on any atom is 0.294 e. The predicted octanol–water partition coefficient (Wildman–Crippen LogP) is 3.87. The van der Waals surface area contributed by atoms with Crippen LogP contribution >= 0.6 is 0 Å². The van der Waals surface area contributed by atoms with E-state index in [1.807, 2.05) is 31.2 Å². The van der Waals surface area contributed by atoms with Crippen molar-refractivity contribution in [2.24, 2.45) is 0 Å². The van der Waals surface area contributed by atoms with Crippen molar-refractivity contribution >= 4 is 10.8 Å². The van der Waals surface area contributed by atoms with Gasteiger partial charge in [0.1, 0.15) is 5.75 Å². The number of hydrogen-bond acceptors (Lipinski definition) is 1. The van der Waals surface area contributed by atoms with Crippen LogP contribution in [-0.4, -0.2) is 7.11 Å². The van der Waals surface area contributed by atoms with Crippen LogP contribution in [-0.2, 0) is 0 Å². The Morgan fingerprint density at radius 2 is 1.81 bits per heavy atom. The molecule has 0 heterocycles. The summed E-state index contributed by atoms with van der Waals surface area (Å²) in [5, 5.41) is 2.33. The molecular formula is C14H14NO+. The van der Waals surface area contributed by atoms with Crippen LogP contribution in [0.2, 0.25) is 0 Å². The van der Waals surface area contributed by atoms with Gasteiger partial charge in [0.2, 0.25) is 0 Å². The zero-order valence-corrected chi connectivity index (χ0v) is 9.47. The van der Waals surface area contributed by atoms with Crippen molar-refractivity contribution in [2.45, 2.75) is 13.0 Å². The van der Waals surface area contributed by atoms with Gasteiger partial charge in [-0.1, -0.05) is 23.0 Å². The second-order valence-electron chi connectivity index (χ2n) is 3.80. The summed E-state index contributed by atoms with van der Waals surface area (Å²) in [7, 11) is 1.67. The summed E-state index contributed by atoms with van der Waals surface area (Å²) in [6.07, 6.45) is 0. The van der Waals surface area contributed by atoms with E-state index in [1.165, 1.54) is 5.39 Å². The average Bonchev–Trinajstić information content (AvgIpc) is 2.36. The maximum absolute atomic E-state index is 5.30. The third kappa shape index (κ3) is 1.85. The number of benzene rings is 2. The molecule has 2 nitrogen and oxygen atoms in total. The first-order chi connectivity index (χ1) is 7.74. The highest BCUT2D eigenvalue weighted by atomic mass is 16.5. The van der Waals surface area contributed by atoms with E-state index in [0.717, 1.165) is 16.7 Å². The normalized spacial score (nSPS) is 12.1. The highest BCUT2D eigenvalue weighted by Crippen LogP contribution is 2.25. The number of rotatable bonds is 2. The second-order valence-corrected chi connectivity index (χ2v) is 3.80. The molecule has 2 aromatic rings. The molecule has 0 bridgehead atoms.